The molecular weight excluding hydrogens is 216 g/mol. The van der Waals surface area contributed by atoms with Gasteiger partial charge in [-0.1, -0.05) is 25.0 Å². The number of aromatic nitrogens is 3. The van der Waals surface area contributed by atoms with Crippen molar-refractivity contribution in [1.29, 1.82) is 0 Å². The Kier molecular flexibility index (Phi) is 4.50. The Morgan fingerprint density at radius 2 is 2.29 bits per heavy atom. The zero-order valence-electron chi connectivity index (χ0n) is 10.5. The first kappa shape index (κ1) is 12.5. The largest absolute Gasteiger partial charge is 0.394 e. The summed E-state index contributed by atoms with van der Waals surface area (Å²) >= 11 is 0. The molecule has 1 aliphatic carbocycles. The summed E-state index contributed by atoms with van der Waals surface area (Å²) in [5.41, 5.74) is 0.955. The van der Waals surface area contributed by atoms with Crippen molar-refractivity contribution in [3.8, 4) is 0 Å². The molecule has 0 saturated heterocycles. The number of aliphatic hydroxyl groups is 1. The second kappa shape index (κ2) is 6.12. The van der Waals surface area contributed by atoms with Gasteiger partial charge in [-0.25, -0.2) is 4.68 Å². The van der Waals surface area contributed by atoms with Crippen molar-refractivity contribution in [2.45, 2.75) is 51.7 Å². The Hall–Kier alpha value is -0.940. The van der Waals surface area contributed by atoms with Gasteiger partial charge in [-0.05, 0) is 18.8 Å². The van der Waals surface area contributed by atoms with Gasteiger partial charge >= 0.3 is 0 Å². The van der Waals surface area contributed by atoms with Crippen LogP contribution in [0.25, 0.3) is 0 Å². The highest BCUT2D eigenvalue weighted by Crippen LogP contribution is 2.23. The molecule has 17 heavy (non-hydrogen) atoms. The lowest BCUT2D eigenvalue weighted by molar-refractivity contribution is 0.268. The number of hydrogen-bond donors (Lipinski definition) is 2. The van der Waals surface area contributed by atoms with Crippen molar-refractivity contribution in [3.05, 3.63) is 11.9 Å². The van der Waals surface area contributed by atoms with Crippen molar-refractivity contribution in [1.82, 2.24) is 20.3 Å². The molecule has 0 aliphatic heterocycles. The minimum atomic E-state index is 0.107. The van der Waals surface area contributed by atoms with E-state index in [1.165, 1.54) is 25.7 Å². The maximum Gasteiger partial charge on any atom is 0.0964 e. The van der Waals surface area contributed by atoms with E-state index in [0.29, 0.717) is 12.6 Å². The van der Waals surface area contributed by atoms with Gasteiger partial charge < -0.3 is 10.4 Å². The van der Waals surface area contributed by atoms with Crippen LogP contribution in [-0.4, -0.2) is 32.7 Å². The Morgan fingerprint density at radius 3 is 3.06 bits per heavy atom. The molecule has 1 heterocycles. The smallest absolute Gasteiger partial charge is 0.0964 e. The molecule has 1 fully saturated rings. The first-order valence-corrected chi connectivity index (χ1v) is 6.53. The van der Waals surface area contributed by atoms with Gasteiger partial charge in [0.1, 0.15) is 0 Å². The second-order valence-electron chi connectivity index (χ2n) is 4.95. The lowest BCUT2D eigenvalue weighted by atomic mass is 9.86. The fourth-order valence-corrected chi connectivity index (χ4v) is 2.49. The molecule has 1 aromatic heterocycles. The number of nitrogens with one attached hydrogen (secondary N) is 1. The number of nitrogens with zero attached hydrogens (tertiary/aromatic N) is 3. The van der Waals surface area contributed by atoms with E-state index in [0.717, 1.165) is 18.2 Å². The topological polar surface area (TPSA) is 63.0 Å². The van der Waals surface area contributed by atoms with Crippen molar-refractivity contribution < 1.29 is 5.11 Å². The molecule has 5 nitrogen and oxygen atoms in total. The van der Waals surface area contributed by atoms with Crippen LogP contribution >= 0.6 is 0 Å². The summed E-state index contributed by atoms with van der Waals surface area (Å²) in [4.78, 5) is 0. The Labute approximate surface area is 102 Å². The highest BCUT2D eigenvalue weighted by atomic mass is 16.3. The summed E-state index contributed by atoms with van der Waals surface area (Å²) < 4.78 is 1.68. The maximum atomic E-state index is 8.79. The standard InChI is InChI=1S/C12H22N4O/c1-10-4-2-3-5-12(10)13-8-11-9-16(6-7-17)15-14-11/h9-10,12-13,17H,2-8H2,1H3. The quantitative estimate of drug-likeness (QED) is 0.801. The fourth-order valence-electron chi connectivity index (χ4n) is 2.49. The highest BCUT2D eigenvalue weighted by molar-refractivity contribution is 4.93. The third kappa shape index (κ3) is 3.51. The van der Waals surface area contributed by atoms with Gasteiger partial charge in [0.05, 0.1) is 18.8 Å². The van der Waals surface area contributed by atoms with Gasteiger partial charge in [-0.3, -0.25) is 0 Å². The number of aliphatic hydroxyl groups excluding tert-OH is 1. The van der Waals surface area contributed by atoms with Crippen molar-refractivity contribution >= 4 is 0 Å². The lowest BCUT2D eigenvalue weighted by Gasteiger charge is -2.29. The molecule has 0 amide bonds. The van der Waals surface area contributed by atoms with Gasteiger partial charge in [0.25, 0.3) is 0 Å². The summed E-state index contributed by atoms with van der Waals surface area (Å²) in [5, 5.41) is 20.4. The monoisotopic (exact) mass is 238 g/mol. The summed E-state index contributed by atoms with van der Waals surface area (Å²) in [7, 11) is 0. The molecule has 5 heteroatoms. The van der Waals surface area contributed by atoms with E-state index in [4.69, 9.17) is 5.11 Å². The highest BCUT2D eigenvalue weighted by Gasteiger charge is 2.20. The van der Waals surface area contributed by atoms with Crippen LogP contribution in [0, 0.1) is 5.92 Å². The SMILES string of the molecule is CC1CCCCC1NCc1cn(CCO)nn1. The molecule has 1 aliphatic rings. The molecule has 1 aromatic rings. The zero-order chi connectivity index (χ0) is 12.1. The minimum Gasteiger partial charge on any atom is -0.394 e. The van der Waals surface area contributed by atoms with Gasteiger partial charge in [0.15, 0.2) is 0 Å². The van der Waals surface area contributed by atoms with Gasteiger partial charge in [0.2, 0.25) is 0 Å². The van der Waals surface area contributed by atoms with Gasteiger partial charge in [0, 0.05) is 18.8 Å². The van der Waals surface area contributed by atoms with Crippen LogP contribution in [0.5, 0.6) is 0 Å². The molecule has 1 saturated carbocycles. The van der Waals surface area contributed by atoms with E-state index in [9.17, 15) is 0 Å². The Balaban J connectivity index is 1.79. The van der Waals surface area contributed by atoms with E-state index in [1.807, 2.05) is 6.20 Å². The summed E-state index contributed by atoms with van der Waals surface area (Å²) in [6, 6.07) is 0.617. The van der Waals surface area contributed by atoms with Crippen LogP contribution in [0.3, 0.4) is 0 Å². The molecule has 2 unspecified atom stereocenters. The van der Waals surface area contributed by atoms with E-state index >= 15 is 0 Å². The van der Waals surface area contributed by atoms with E-state index < -0.39 is 0 Å². The van der Waals surface area contributed by atoms with Crippen molar-refractivity contribution in [2.24, 2.45) is 5.92 Å². The second-order valence-corrected chi connectivity index (χ2v) is 4.95. The normalized spacial score (nSPS) is 25.1. The molecule has 96 valence electrons. The number of hydrogen-bond acceptors (Lipinski definition) is 4. The molecule has 2 atom stereocenters. The molecule has 0 spiro atoms. The van der Waals surface area contributed by atoms with Crippen LogP contribution in [0.4, 0.5) is 0 Å². The minimum absolute atomic E-state index is 0.107. The van der Waals surface area contributed by atoms with Crippen molar-refractivity contribution in [2.75, 3.05) is 6.61 Å². The zero-order valence-corrected chi connectivity index (χ0v) is 10.5. The maximum absolute atomic E-state index is 8.79. The molecule has 0 radical (unpaired) electrons. The van der Waals surface area contributed by atoms with Crippen LogP contribution in [0.1, 0.15) is 38.3 Å². The summed E-state index contributed by atoms with van der Waals surface area (Å²) in [6.45, 7) is 3.72. The molecule has 2 rings (SSSR count). The molecule has 0 bridgehead atoms. The van der Waals surface area contributed by atoms with Crippen LogP contribution in [0.15, 0.2) is 6.20 Å². The van der Waals surface area contributed by atoms with Crippen LogP contribution < -0.4 is 5.32 Å². The predicted molar refractivity (Wildman–Crippen MR) is 65.4 cm³/mol. The third-order valence-electron chi connectivity index (χ3n) is 3.57. The van der Waals surface area contributed by atoms with Crippen LogP contribution in [0.2, 0.25) is 0 Å². The van der Waals surface area contributed by atoms with E-state index in [-0.39, 0.29) is 6.61 Å². The van der Waals surface area contributed by atoms with Gasteiger partial charge in [-0.15, -0.1) is 5.10 Å². The summed E-state index contributed by atoms with van der Waals surface area (Å²) in [5.74, 6) is 0.760. The first-order chi connectivity index (χ1) is 8.29. The molecular formula is C12H22N4O. The van der Waals surface area contributed by atoms with E-state index in [2.05, 4.69) is 22.6 Å². The average Bonchev–Trinajstić information content (AvgIpc) is 2.76. The van der Waals surface area contributed by atoms with Crippen molar-refractivity contribution in [3.63, 3.8) is 0 Å². The first-order valence-electron chi connectivity index (χ1n) is 6.53. The lowest BCUT2D eigenvalue weighted by Crippen LogP contribution is -2.36. The molecule has 2 N–H and O–H groups in total. The Morgan fingerprint density at radius 1 is 1.47 bits per heavy atom. The predicted octanol–water partition coefficient (Wildman–Crippen LogP) is 0.939. The Bertz CT molecular complexity index is 339. The summed E-state index contributed by atoms with van der Waals surface area (Å²) in [6.07, 6.45) is 7.20. The third-order valence-corrected chi connectivity index (χ3v) is 3.57. The van der Waals surface area contributed by atoms with Crippen LogP contribution in [-0.2, 0) is 13.1 Å². The molecule has 0 aromatic carbocycles. The van der Waals surface area contributed by atoms with Gasteiger partial charge in [-0.2, -0.15) is 0 Å². The number of rotatable bonds is 5. The average molecular weight is 238 g/mol. The van der Waals surface area contributed by atoms with E-state index in [1.54, 1.807) is 4.68 Å². The fraction of sp³-hybridized carbons (Fsp3) is 0.833.